The van der Waals surface area contributed by atoms with Crippen LogP contribution in [0.25, 0.3) is 0 Å². The predicted molar refractivity (Wildman–Crippen MR) is 72.2 cm³/mol. The van der Waals surface area contributed by atoms with Crippen molar-refractivity contribution < 1.29 is 9.53 Å². The molecule has 0 bridgehead atoms. The van der Waals surface area contributed by atoms with Gasteiger partial charge in [-0.2, -0.15) is 0 Å². The van der Waals surface area contributed by atoms with Gasteiger partial charge in [0.2, 0.25) is 5.91 Å². The molecule has 1 aliphatic rings. The monoisotopic (exact) mass is 287 g/mol. The number of ether oxygens (including phenoxy) is 1. The van der Waals surface area contributed by atoms with Gasteiger partial charge < -0.3 is 9.64 Å². The minimum absolute atomic E-state index is 0.0781. The van der Waals surface area contributed by atoms with Crippen LogP contribution in [-0.4, -0.2) is 36.6 Å². The average molecular weight is 288 g/mol. The summed E-state index contributed by atoms with van der Waals surface area (Å²) in [6.07, 6.45) is 0.409. The van der Waals surface area contributed by atoms with Crippen LogP contribution in [0.3, 0.4) is 0 Å². The van der Waals surface area contributed by atoms with Crippen LogP contribution in [0, 0.1) is 0 Å². The molecule has 0 spiro atoms. The van der Waals surface area contributed by atoms with E-state index in [4.69, 9.17) is 27.9 Å². The van der Waals surface area contributed by atoms with Crippen LogP contribution in [0.4, 0.5) is 0 Å². The van der Waals surface area contributed by atoms with Crippen LogP contribution in [-0.2, 0) is 16.0 Å². The lowest BCUT2D eigenvalue weighted by molar-refractivity contribution is -0.137. The molecule has 0 radical (unpaired) electrons. The fraction of sp³-hybridized carbons (Fsp3) is 0.462. The highest BCUT2D eigenvalue weighted by molar-refractivity contribution is 6.35. The molecule has 1 fully saturated rings. The Labute approximate surface area is 117 Å². The molecule has 1 unspecified atom stereocenters. The van der Waals surface area contributed by atoms with Gasteiger partial charge in [-0.3, -0.25) is 4.79 Å². The number of carbonyl (C=O) groups is 1. The van der Waals surface area contributed by atoms with Crippen molar-refractivity contribution in [3.63, 3.8) is 0 Å². The number of morpholine rings is 1. The smallest absolute Gasteiger partial charge is 0.227 e. The second kappa shape index (κ2) is 5.91. The van der Waals surface area contributed by atoms with E-state index in [1.165, 1.54) is 0 Å². The summed E-state index contributed by atoms with van der Waals surface area (Å²) in [6.45, 7) is 3.86. The first-order valence-corrected chi connectivity index (χ1v) is 6.65. The third kappa shape index (κ3) is 3.37. The highest BCUT2D eigenvalue weighted by Crippen LogP contribution is 2.22. The summed E-state index contributed by atoms with van der Waals surface area (Å²) in [5.41, 5.74) is 0.810. The van der Waals surface area contributed by atoms with E-state index in [2.05, 4.69) is 0 Å². The number of benzene rings is 1. The third-order valence-corrected chi connectivity index (χ3v) is 3.54. The fourth-order valence-electron chi connectivity index (χ4n) is 1.98. The van der Waals surface area contributed by atoms with Crippen molar-refractivity contribution in [2.24, 2.45) is 0 Å². The van der Waals surface area contributed by atoms with E-state index < -0.39 is 0 Å². The Morgan fingerprint density at radius 2 is 2.28 bits per heavy atom. The van der Waals surface area contributed by atoms with Crippen LogP contribution >= 0.6 is 23.2 Å². The van der Waals surface area contributed by atoms with Gasteiger partial charge in [0.1, 0.15) is 0 Å². The molecule has 98 valence electrons. The molecule has 1 atom stereocenters. The summed E-state index contributed by atoms with van der Waals surface area (Å²) >= 11 is 11.9. The molecule has 0 N–H and O–H groups in total. The number of hydrogen-bond acceptors (Lipinski definition) is 2. The first-order chi connectivity index (χ1) is 8.56. The Morgan fingerprint density at radius 1 is 1.50 bits per heavy atom. The number of rotatable bonds is 2. The lowest BCUT2D eigenvalue weighted by Crippen LogP contribution is -2.45. The number of nitrogens with zero attached hydrogens (tertiary/aromatic N) is 1. The summed E-state index contributed by atoms with van der Waals surface area (Å²) in [7, 11) is 0. The highest BCUT2D eigenvalue weighted by atomic mass is 35.5. The number of halogens is 2. The zero-order valence-electron chi connectivity index (χ0n) is 10.2. The first-order valence-electron chi connectivity index (χ1n) is 5.89. The molecule has 0 aromatic heterocycles. The van der Waals surface area contributed by atoms with Gasteiger partial charge in [0.15, 0.2) is 0 Å². The largest absolute Gasteiger partial charge is 0.375 e. The summed E-state index contributed by atoms with van der Waals surface area (Å²) in [5.74, 6) is 0.0781. The Balaban J connectivity index is 2.02. The SMILES string of the molecule is CC1CN(C(=O)Cc2ccc(Cl)cc2Cl)CCO1. The van der Waals surface area contributed by atoms with Crippen LogP contribution in [0.5, 0.6) is 0 Å². The van der Waals surface area contributed by atoms with Crippen molar-refractivity contribution >= 4 is 29.1 Å². The van der Waals surface area contributed by atoms with Crippen LogP contribution in [0.2, 0.25) is 10.0 Å². The number of amides is 1. The minimum atomic E-state index is 0.0781. The third-order valence-electron chi connectivity index (χ3n) is 2.95. The second-order valence-electron chi connectivity index (χ2n) is 4.43. The topological polar surface area (TPSA) is 29.5 Å². The molecule has 1 aliphatic heterocycles. The number of hydrogen-bond donors (Lipinski definition) is 0. The van der Waals surface area contributed by atoms with Gasteiger partial charge >= 0.3 is 0 Å². The second-order valence-corrected chi connectivity index (χ2v) is 5.28. The van der Waals surface area contributed by atoms with Crippen molar-refractivity contribution in [3.8, 4) is 0 Å². The Kier molecular flexibility index (Phi) is 4.49. The van der Waals surface area contributed by atoms with Gasteiger partial charge in [-0.25, -0.2) is 0 Å². The standard InChI is InChI=1S/C13H15Cl2NO2/c1-9-8-16(4-5-18-9)13(17)6-10-2-3-11(14)7-12(10)15/h2-3,7,9H,4-6,8H2,1H3. The highest BCUT2D eigenvalue weighted by Gasteiger charge is 2.21. The summed E-state index contributed by atoms with van der Waals surface area (Å²) in [5, 5.41) is 1.12. The van der Waals surface area contributed by atoms with Crippen LogP contribution < -0.4 is 0 Å². The van der Waals surface area contributed by atoms with Crippen molar-refractivity contribution in [1.82, 2.24) is 4.90 Å². The van der Waals surface area contributed by atoms with Gasteiger partial charge in [0.25, 0.3) is 0 Å². The maximum atomic E-state index is 12.1. The van der Waals surface area contributed by atoms with E-state index >= 15 is 0 Å². The van der Waals surface area contributed by atoms with Gasteiger partial charge in [-0.15, -0.1) is 0 Å². The molecule has 2 rings (SSSR count). The van der Waals surface area contributed by atoms with E-state index in [9.17, 15) is 4.79 Å². The van der Waals surface area contributed by atoms with Crippen molar-refractivity contribution in [3.05, 3.63) is 33.8 Å². The summed E-state index contributed by atoms with van der Waals surface area (Å²) in [6, 6.07) is 5.21. The Bertz CT molecular complexity index is 451. The molecule has 1 aromatic rings. The van der Waals surface area contributed by atoms with Crippen molar-refractivity contribution in [1.29, 1.82) is 0 Å². The van der Waals surface area contributed by atoms with Gasteiger partial charge in [-0.1, -0.05) is 29.3 Å². The maximum absolute atomic E-state index is 12.1. The summed E-state index contributed by atoms with van der Waals surface area (Å²) in [4.78, 5) is 13.9. The molecule has 1 aromatic carbocycles. The van der Waals surface area contributed by atoms with E-state index in [-0.39, 0.29) is 12.0 Å². The quantitative estimate of drug-likeness (QED) is 0.837. The minimum Gasteiger partial charge on any atom is -0.375 e. The van der Waals surface area contributed by atoms with Gasteiger partial charge in [0.05, 0.1) is 19.1 Å². The molecule has 0 aliphatic carbocycles. The average Bonchev–Trinajstić information content (AvgIpc) is 2.32. The van der Waals surface area contributed by atoms with Crippen molar-refractivity contribution in [2.45, 2.75) is 19.4 Å². The fourth-order valence-corrected chi connectivity index (χ4v) is 2.46. The zero-order chi connectivity index (χ0) is 13.1. The predicted octanol–water partition coefficient (Wildman–Crippen LogP) is 2.78. The molecule has 1 amide bonds. The molecule has 3 nitrogen and oxygen atoms in total. The molecular formula is C13H15Cl2NO2. The molecule has 1 heterocycles. The number of carbonyl (C=O) groups excluding carboxylic acids is 1. The molecular weight excluding hydrogens is 273 g/mol. The van der Waals surface area contributed by atoms with Gasteiger partial charge in [-0.05, 0) is 24.6 Å². The Morgan fingerprint density at radius 3 is 2.94 bits per heavy atom. The van der Waals surface area contributed by atoms with Crippen LogP contribution in [0.15, 0.2) is 18.2 Å². The van der Waals surface area contributed by atoms with Gasteiger partial charge in [0, 0.05) is 23.1 Å². The van der Waals surface area contributed by atoms with E-state index in [0.29, 0.717) is 36.2 Å². The molecule has 1 saturated heterocycles. The molecule has 18 heavy (non-hydrogen) atoms. The first kappa shape index (κ1) is 13.7. The lowest BCUT2D eigenvalue weighted by atomic mass is 10.1. The lowest BCUT2D eigenvalue weighted by Gasteiger charge is -2.31. The normalized spacial score (nSPS) is 19.9. The molecule has 0 saturated carbocycles. The maximum Gasteiger partial charge on any atom is 0.227 e. The zero-order valence-corrected chi connectivity index (χ0v) is 11.7. The van der Waals surface area contributed by atoms with Crippen molar-refractivity contribution in [2.75, 3.05) is 19.7 Å². The Hall–Kier alpha value is -0.770. The summed E-state index contributed by atoms with van der Waals surface area (Å²) < 4.78 is 5.41. The molecule has 5 heteroatoms. The van der Waals surface area contributed by atoms with E-state index in [1.54, 1.807) is 18.2 Å². The van der Waals surface area contributed by atoms with E-state index in [1.807, 2.05) is 11.8 Å². The van der Waals surface area contributed by atoms with Crippen LogP contribution in [0.1, 0.15) is 12.5 Å². The van der Waals surface area contributed by atoms with E-state index in [0.717, 1.165) is 5.56 Å².